The Morgan fingerprint density at radius 1 is 1.09 bits per heavy atom. The Labute approximate surface area is 194 Å². The normalized spacial score (nSPS) is 11.0. The number of aryl methyl sites for hydroxylation is 1. The SMILES string of the molecule is Cc1nc2cccc(F)c2c(=O)n1-c1ccc(SCC(=O)Nc2ccc(F)c(Br)c2)cc1. The Hall–Kier alpha value is -3.04. The number of hydrogen-bond donors (Lipinski definition) is 1. The van der Waals surface area contributed by atoms with E-state index in [0.29, 0.717) is 22.7 Å². The van der Waals surface area contributed by atoms with Crippen molar-refractivity contribution < 1.29 is 13.6 Å². The van der Waals surface area contributed by atoms with Gasteiger partial charge in [-0.25, -0.2) is 13.8 Å². The molecular weight excluding hydrogens is 500 g/mol. The van der Waals surface area contributed by atoms with E-state index >= 15 is 0 Å². The number of thioether (sulfide) groups is 1. The molecule has 1 aromatic heterocycles. The van der Waals surface area contributed by atoms with Gasteiger partial charge in [-0.15, -0.1) is 11.8 Å². The number of amides is 1. The lowest BCUT2D eigenvalue weighted by Gasteiger charge is -2.12. The largest absolute Gasteiger partial charge is 0.325 e. The molecule has 0 atom stereocenters. The zero-order valence-corrected chi connectivity index (χ0v) is 19.1. The molecule has 0 saturated carbocycles. The Morgan fingerprint density at radius 3 is 2.56 bits per heavy atom. The lowest BCUT2D eigenvalue weighted by molar-refractivity contribution is -0.113. The highest BCUT2D eigenvalue weighted by molar-refractivity contribution is 9.10. The standard InChI is InChI=1S/C23H16BrF2N3O2S/c1-13-27-20-4-2-3-19(26)22(20)23(31)29(13)15-6-8-16(9-7-15)32-12-21(30)28-14-5-10-18(25)17(24)11-14/h2-11H,12H2,1H3,(H,28,30). The number of hydrogen-bond acceptors (Lipinski definition) is 4. The van der Waals surface area contributed by atoms with Gasteiger partial charge in [-0.1, -0.05) is 6.07 Å². The molecule has 0 aliphatic carbocycles. The van der Waals surface area contributed by atoms with Crippen LogP contribution >= 0.6 is 27.7 Å². The van der Waals surface area contributed by atoms with Crippen molar-refractivity contribution in [1.29, 1.82) is 0 Å². The van der Waals surface area contributed by atoms with Crippen molar-refractivity contribution >= 4 is 50.2 Å². The Bertz CT molecular complexity index is 1390. The predicted molar refractivity (Wildman–Crippen MR) is 125 cm³/mol. The van der Waals surface area contributed by atoms with E-state index in [-0.39, 0.29) is 21.5 Å². The van der Waals surface area contributed by atoms with Crippen molar-refractivity contribution in [2.24, 2.45) is 0 Å². The van der Waals surface area contributed by atoms with Crippen LogP contribution < -0.4 is 10.9 Å². The summed E-state index contributed by atoms with van der Waals surface area (Å²) in [6.45, 7) is 1.69. The van der Waals surface area contributed by atoms with Crippen LogP contribution in [0.3, 0.4) is 0 Å². The van der Waals surface area contributed by atoms with Crippen LogP contribution in [0.4, 0.5) is 14.5 Å². The molecule has 0 aliphatic rings. The molecule has 5 nitrogen and oxygen atoms in total. The van der Waals surface area contributed by atoms with Gasteiger partial charge < -0.3 is 5.32 Å². The number of fused-ring (bicyclic) bond motifs is 1. The zero-order chi connectivity index (χ0) is 22.8. The van der Waals surface area contributed by atoms with Crippen LogP contribution in [0, 0.1) is 18.6 Å². The topological polar surface area (TPSA) is 64.0 Å². The molecule has 0 fully saturated rings. The van der Waals surface area contributed by atoms with Gasteiger partial charge in [-0.2, -0.15) is 0 Å². The molecule has 0 radical (unpaired) electrons. The number of halogens is 3. The molecule has 162 valence electrons. The average Bonchev–Trinajstić information content (AvgIpc) is 2.75. The van der Waals surface area contributed by atoms with Gasteiger partial charge in [0, 0.05) is 10.6 Å². The summed E-state index contributed by atoms with van der Waals surface area (Å²) in [5.74, 6) is -0.663. The van der Waals surface area contributed by atoms with Crippen LogP contribution in [-0.2, 0) is 4.79 Å². The minimum absolute atomic E-state index is 0.0550. The number of benzene rings is 3. The molecule has 32 heavy (non-hydrogen) atoms. The molecule has 1 N–H and O–H groups in total. The summed E-state index contributed by atoms with van der Waals surface area (Å²) in [4.78, 5) is 30.2. The van der Waals surface area contributed by atoms with E-state index < -0.39 is 17.2 Å². The Morgan fingerprint density at radius 2 is 1.84 bits per heavy atom. The summed E-state index contributed by atoms with van der Waals surface area (Å²) in [6, 6.07) is 15.6. The van der Waals surface area contributed by atoms with Gasteiger partial charge in [0.2, 0.25) is 5.91 Å². The van der Waals surface area contributed by atoms with Crippen LogP contribution in [0.15, 0.2) is 74.8 Å². The van der Waals surface area contributed by atoms with Crippen molar-refractivity contribution in [2.45, 2.75) is 11.8 Å². The van der Waals surface area contributed by atoms with E-state index in [1.807, 2.05) is 0 Å². The van der Waals surface area contributed by atoms with Crippen molar-refractivity contribution in [3.05, 3.63) is 92.9 Å². The molecule has 1 amide bonds. The molecule has 4 aromatic rings. The first-order valence-electron chi connectivity index (χ1n) is 9.49. The van der Waals surface area contributed by atoms with Crippen LogP contribution in [0.25, 0.3) is 16.6 Å². The third-order valence-corrected chi connectivity index (χ3v) is 6.30. The molecule has 0 spiro atoms. The molecule has 0 saturated heterocycles. The number of carbonyl (C=O) groups is 1. The lowest BCUT2D eigenvalue weighted by Crippen LogP contribution is -2.23. The highest BCUT2D eigenvalue weighted by Crippen LogP contribution is 2.23. The summed E-state index contributed by atoms with van der Waals surface area (Å²) in [5.41, 5.74) is 0.881. The first-order chi connectivity index (χ1) is 15.3. The first kappa shape index (κ1) is 22.2. The minimum Gasteiger partial charge on any atom is -0.325 e. The summed E-state index contributed by atoms with van der Waals surface area (Å²) in [6.07, 6.45) is 0. The Kier molecular flexibility index (Phi) is 6.38. The maximum Gasteiger partial charge on any atom is 0.268 e. The number of nitrogens with zero attached hydrogens (tertiary/aromatic N) is 2. The average molecular weight is 516 g/mol. The predicted octanol–water partition coefficient (Wildman–Crippen LogP) is 5.47. The fourth-order valence-electron chi connectivity index (χ4n) is 3.22. The van der Waals surface area contributed by atoms with Crippen LogP contribution in [-0.4, -0.2) is 21.2 Å². The lowest BCUT2D eigenvalue weighted by atomic mass is 10.2. The van der Waals surface area contributed by atoms with Crippen molar-refractivity contribution in [2.75, 3.05) is 11.1 Å². The van der Waals surface area contributed by atoms with Gasteiger partial charge in [0.15, 0.2) is 0 Å². The van der Waals surface area contributed by atoms with Gasteiger partial charge in [-0.3, -0.25) is 14.2 Å². The van der Waals surface area contributed by atoms with E-state index in [1.165, 1.54) is 46.7 Å². The molecule has 3 aromatic carbocycles. The number of rotatable bonds is 5. The van der Waals surface area contributed by atoms with E-state index in [1.54, 1.807) is 37.3 Å². The molecule has 0 aliphatic heterocycles. The zero-order valence-electron chi connectivity index (χ0n) is 16.7. The van der Waals surface area contributed by atoms with Gasteiger partial charge in [0.1, 0.15) is 22.8 Å². The number of nitrogens with one attached hydrogen (secondary N) is 1. The van der Waals surface area contributed by atoms with Crippen molar-refractivity contribution in [1.82, 2.24) is 9.55 Å². The van der Waals surface area contributed by atoms with Crippen molar-refractivity contribution in [3.8, 4) is 5.69 Å². The monoisotopic (exact) mass is 515 g/mol. The maximum absolute atomic E-state index is 14.2. The highest BCUT2D eigenvalue weighted by atomic mass is 79.9. The molecular formula is C23H16BrF2N3O2S. The van der Waals surface area contributed by atoms with E-state index in [4.69, 9.17) is 0 Å². The molecule has 4 rings (SSSR count). The van der Waals surface area contributed by atoms with Crippen LogP contribution in [0.5, 0.6) is 0 Å². The maximum atomic E-state index is 14.2. The summed E-state index contributed by atoms with van der Waals surface area (Å²) in [5, 5.41) is 2.65. The molecule has 0 bridgehead atoms. The fraction of sp³-hybridized carbons (Fsp3) is 0.0870. The smallest absolute Gasteiger partial charge is 0.268 e. The van der Waals surface area contributed by atoms with Gasteiger partial charge >= 0.3 is 0 Å². The fourth-order valence-corrected chi connectivity index (χ4v) is 4.29. The summed E-state index contributed by atoms with van der Waals surface area (Å²) >= 11 is 4.40. The third-order valence-electron chi connectivity index (χ3n) is 4.68. The second-order valence-corrected chi connectivity index (χ2v) is 8.80. The van der Waals surface area contributed by atoms with E-state index in [0.717, 1.165) is 4.90 Å². The van der Waals surface area contributed by atoms with Gasteiger partial charge in [0.25, 0.3) is 5.56 Å². The molecule has 9 heteroatoms. The van der Waals surface area contributed by atoms with Crippen molar-refractivity contribution in [3.63, 3.8) is 0 Å². The summed E-state index contributed by atoms with van der Waals surface area (Å²) in [7, 11) is 0. The molecule has 0 unspecified atom stereocenters. The van der Waals surface area contributed by atoms with Gasteiger partial charge in [0.05, 0.1) is 21.4 Å². The third kappa shape index (κ3) is 4.58. The highest BCUT2D eigenvalue weighted by Gasteiger charge is 2.13. The van der Waals surface area contributed by atoms with E-state index in [9.17, 15) is 18.4 Å². The number of anilines is 1. The second kappa shape index (κ2) is 9.22. The second-order valence-electron chi connectivity index (χ2n) is 6.89. The first-order valence-corrected chi connectivity index (χ1v) is 11.3. The number of carbonyl (C=O) groups excluding carboxylic acids is 1. The van der Waals surface area contributed by atoms with Gasteiger partial charge in [-0.05, 0) is 77.5 Å². The van der Waals surface area contributed by atoms with E-state index in [2.05, 4.69) is 26.2 Å². The van der Waals surface area contributed by atoms with Crippen LogP contribution in [0.1, 0.15) is 5.82 Å². The number of aromatic nitrogens is 2. The summed E-state index contributed by atoms with van der Waals surface area (Å²) < 4.78 is 29.1. The molecule has 1 heterocycles. The minimum atomic E-state index is -0.611. The Balaban J connectivity index is 1.49. The quantitative estimate of drug-likeness (QED) is 0.358. The van der Waals surface area contributed by atoms with Crippen LogP contribution in [0.2, 0.25) is 0 Å².